The highest BCUT2D eigenvalue weighted by Crippen LogP contribution is 2.21. The quantitative estimate of drug-likeness (QED) is 0.411. The number of aromatic nitrogens is 2. The molecule has 0 radical (unpaired) electrons. The Balaban J connectivity index is 1.52. The summed E-state index contributed by atoms with van der Waals surface area (Å²) in [5, 5.41) is 10.8. The van der Waals surface area contributed by atoms with E-state index in [1.165, 1.54) is 24.5 Å². The van der Waals surface area contributed by atoms with Gasteiger partial charge in [-0.15, -0.1) is 0 Å². The maximum absolute atomic E-state index is 12.8. The molecule has 2 amide bonds. The molecule has 1 aliphatic rings. The van der Waals surface area contributed by atoms with Crippen molar-refractivity contribution in [1.82, 2.24) is 19.8 Å². The monoisotopic (exact) mass is 456 g/mol. The van der Waals surface area contributed by atoms with Gasteiger partial charge in [-0.2, -0.15) is 0 Å². The number of non-ortho nitro benzene ring substituents is 1. The zero-order valence-electron chi connectivity index (χ0n) is 18.8. The Morgan fingerprint density at radius 2 is 1.79 bits per heavy atom. The first-order chi connectivity index (χ1) is 15.9. The topological polar surface area (TPSA) is 122 Å². The van der Waals surface area contributed by atoms with Crippen LogP contribution in [0.5, 0.6) is 0 Å². The Hall–Kier alpha value is -3.60. The minimum atomic E-state index is -0.424. The predicted octanol–water partition coefficient (Wildman–Crippen LogP) is 1.52. The number of piperazine rings is 1. The van der Waals surface area contributed by atoms with E-state index >= 15 is 0 Å². The van der Waals surface area contributed by atoms with Gasteiger partial charge in [0.15, 0.2) is 0 Å². The molecule has 1 fully saturated rings. The molecule has 1 saturated heterocycles. The number of hydrogen-bond acceptors (Lipinski definition) is 8. The van der Waals surface area contributed by atoms with Crippen LogP contribution in [0.3, 0.4) is 0 Å². The zero-order chi connectivity index (χ0) is 23.8. The van der Waals surface area contributed by atoms with Gasteiger partial charge in [0.25, 0.3) is 11.6 Å². The lowest BCUT2D eigenvalue weighted by atomic mass is 10.2. The van der Waals surface area contributed by atoms with Gasteiger partial charge in [0, 0.05) is 76.8 Å². The third kappa shape index (κ3) is 6.45. The highest BCUT2D eigenvalue weighted by molar-refractivity contribution is 5.92. The Bertz CT molecular complexity index is 958. The molecule has 2 heterocycles. The summed E-state index contributed by atoms with van der Waals surface area (Å²) >= 11 is 0. The van der Waals surface area contributed by atoms with Crippen molar-refractivity contribution in [3.05, 3.63) is 58.2 Å². The van der Waals surface area contributed by atoms with Crippen molar-refractivity contribution in [2.75, 3.05) is 57.9 Å². The number of nitrogens with zero attached hydrogens (tertiary/aromatic N) is 6. The maximum Gasteiger partial charge on any atom is 0.274 e. The molecule has 0 unspecified atom stereocenters. The van der Waals surface area contributed by atoms with Crippen LogP contribution in [0.4, 0.5) is 11.4 Å². The summed E-state index contributed by atoms with van der Waals surface area (Å²) in [4.78, 5) is 49.7. The normalized spacial score (nSPS) is 13.6. The molecule has 1 aromatic heterocycles. The number of nitro groups is 1. The fourth-order valence-electron chi connectivity index (χ4n) is 3.57. The molecular formula is C22H28N6O5. The minimum absolute atomic E-state index is 0.0245. The summed E-state index contributed by atoms with van der Waals surface area (Å²) in [6.45, 7) is 5.13. The van der Waals surface area contributed by atoms with Gasteiger partial charge in [-0.3, -0.25) is 24.7 Å². The molecule has 0 aliphatic carbocycles. The second-order valence-electron chi connectivity index (χ2n) is 7.72. The van der Waals surface area contributed by atoms with Crippen LogP contribution in [0.25, 0.3) is 0 Å². The number of hydrogen-bond donors (Lipinski definition) is 0. The number of carbonyl (C=O) groups is 2. The van der Waals surface area contributed by atoms with Crippen molar-refractivity contribution in [2.24, 2.45) is 0 Å². The predicted molar refractivity (Wildman–Crippen MR) is 121 cm³/mol. The first kappa shape index (κ1) is 24.1. The minimum Gasteiger partial charge on any atom is -0.383 e. The van der Waals surface area contributed by atoms with Crippen LogP contribution < -0.4 is 4.90 Å². The first-order valence-electron chi connectivity index (χ1n) is 10.7. The van der Waals surface area contributed by atoms with Crippen molar-refractivity contribution in [3.63, 3.8) is 0 Å². The van der Waals surface area contributed by atoms with E-state index in [0.29, 0.717) is 39.3 Å². The Labute approximate surface area is 192 Å². The van der Waals surface area contributed by atoms with Crippen molar-refractivity contribution in [2.45, 2.75) is 13.3 Å². The molecule has 0 N–H and O–H groups in total. The SMILES string of the molecule is COCCN(CCC(=O)N1CCN(c2ccc([N+](=O)[O-])cc2)CC1)C(=O)c1cnc(C)cn1. The summed E-state index contributed by atoms with van der Waals surface area (Å²) < 4.78 is 5.11. The number of rotatable bonds is 9. The molecule has 0 atom stereocenters. The van der Waals surface area contributed by atoms with Crippen LogP contribution in [0.15, 0.2) is 36.7 Å². The molecule has 2 aromatic rings. The molecule has 11 nitrogen and oxygen atoms in total. The zero-order valence-corrected chi connectivity index (χ0v) is 18.8. The molecule has 33 heavy (non-hydrogen) atoms. The highest BCUT2D eigenvalue weighted by atomic mass is 16.6. The van der Waals surface area contributed by atoms with E-state index in [1.54, 1.807) is 36.0 Å². The van der Waals surface area contributed by atoms with Gasteiger partial charge in [-0.25, -0.2) is 4.98 Å². The van der Waals surface area contributed by atoms with Crippen LogP contribution in [0.1, 0.15) is 22.6 Å². The van der Waals surface area contributed by atoms with Crippen LogP contribution in [-0.2, 0) is 9.53 Å². The van der Waals surface area contributed by atoms with Crippen molar-refractivity contribution in [3.8, 4) is 0 Å². The number of amides is 2. The van der Waals surface area contributed by atoms with E-state index in [9.17, 15) is 19.7 Å². The molecule has 1 aliphatic heterocycles. The molecule has 0 saturated carbocycles. The van der Waals surface area contributed by atoms with E-state index in [4.69, 9.17) is 4.74 Å². The second-order valence-corrected chi connectivity index (χ2v) is 7.72. The Morgan fingerprint density at radius 3 is 2.36 bits per heavy atom. The van der Waals surface area contributed by atoms with Gasteiger partial charge in [0.2, 0.25) is 5.91 Å². The third-order valence-electron chi connectivity index (χ3n) is 5.51. The molecule has 0 bridgehead atoms. The summed E-state index contributed by atoms with van der Waals surface area (Å²) in [5.74, 6) is -0.307. The number of carbonyl (C=O) groups excluding carboxylic acids is 2. The summed E-state index contributed by atoms with van der Waals surface area (Å²) in [7, 11) is 1.56. The molecule has 3 rings (SSSR count). The van der Waals surface area contributed by atoms with Crippen molar-refractivity contribution >= 4 is 23.2 Å². The van der Waals surface area contributed by atoms with E-state index in [1.807, 2.05) is 0 Å². The number of aryl methyl sites for hydroxylation is 1. The molecule has 176 valence electrons. The van der Waals surface area contributed by atoms with E-state index in [0.717, 1.165) is 11.4 Å². The molecule has 0 spiro atoms. The standard InChI is InChI=1S/C22H28N6O5/c1-17-15-24-20(16-23-17)22(30)27(13-14-33-2)8-7-21(29)26-11-9-25(10-12-26)18-3-5-19(6-4-18)28(31)32/h3-6,15-16H,7-14H2,1-2H3. The lowest BCUT2D eigenvalue weighted by Crippen LogP contribution is -2.49. The number of ether oxygens (including phenoxy) is 1. The number of nitro benzene ring substituents is 1. The largest absolute Gasteiger partial charge is 0.383 e. The fraction of sp³-hybridized carbons (Fsp3) is 0.455. The van der Waals surface area contributed by atoms with Gasteiger partial charge >= 0.3 is 0 Å². The number of anilines is 1. The second kappa shape index (κ2) is 11.3. The fourth-order valence-corrected chi connectivity index (χ4v) is 3.57. The number of benzene rings is 1. The molecule has 1 aromatic carbocycles. The van der Waals surface area contributed by atoms with Crippen LogP contribution in [0, 0.1) is 17.0 Å². The Morgan fingerprint density at radius 1 is 1.09 bits per heavy atom. The van der Waals surface area contributed by atoms with Crippen molar-refractivity contribution in [1.29, 1.82) is 0 Å². The van der Waals surface area contributed by atoms with E-state index < -0.39 is 4.92 Å². The molecular weight excluding hydrogens is 428 g/mol. The summed E-state index contributed by atoms with van der Waals surface area (Å²) in [6, 6.07) is 6.42. The van der Waals surface area contributed by atoms with Crippen LogP contribution in [-0.4, -0.2) is 89.5 Å². The average Bonchev–Trinajstić information content (AvgIpc) is 2.84. The van der Waals surface area contributed by atoms with E-state index in [-0.39, 0.29) is 36.2 Å². The van der Waals surface area contributed by atoms with E-state index in [2.05, 4.69) is 14.9 Å². The number of methoxy groups -OCH3 is 1. The smallest absolute Gasteiger partial charge is 0.274 e. The molecule has 11 heteroatoms. The highest BCUT2D eigenvalue weighted by Gasteiger charge is 2.24. The van der Waals surface area contributed by atoms with Gasteiger partial charge in [0.1, 0.15) is 5.69 Å². The summed E-state index contributed by atoms with van der Waals surface area (Å²) in [5.41, 5.74) is 1.90. The van der Waals surface area contributed by atoms with Crippen LogP contribution in [0.2, 0.25) is 0 Å². The van der Waals surface area contributed by atoms with Gasteiger partial charge in [0.05, 0.1) is 23.4 Å². The van der Waals surface area contributed by atoms with Crippen LogP contribution >= 0.6 is 0 Å². The average molecular weight is 457 g/mol. The van der Waals surface area contributed by atoms with Gasteiger partial charge in [-0.05, 0) is 19.1 Å². The van der Waals surface area contributed by atoms with Gasteiger partial charge < -0.3 is 19.4 Å². The van der Waals surface area contributed by atoms with Crippen molar-refractivity contribution < 1.29 is 19.2 Å². The lowest BCUT2D eigenvalue weighted by molar-refractivity contribution is -0.384. The summed E-state index contributed by atoms with van der Waals surface area (Å²) in [6.07, 6.45) is 3.18. The first-order valence-corrected chi connectivity index (χ1v) is 10.7. The van der Waals surface area contributed by atoms with Gasteiger partial charge in [-0.1, -0.05) is 0 Å². The Kier molecular flexibility index (Phi) is 8.25. The third-order valence-corrected chi connectivity index (χ3v) is 5.51. The maximum atomic E-state index is 12.8. The lowest BCUT2D eigenvalue weighted by Gasteiger charge is -2.36.